The number of phenols is 1. The zero-order chi connectivity index (χ0) is 10.7. The molecule has 15 heavy (non-hydrogen) atoms. The van der Waals surface area contributed by atoms with Crippen molar-refractivity contribution in [1.29, 1.82) is 0 Å². The van der Waals surface area contributed by atoms with E-state index in [1.807, 2.05) is 0 Å². The van der Waals surface area contributed by atoms with E-state index in [9.17, 15) is 10.1 Å². The third-order valence-electron chi connectivity index (χ3n) is 1.84. The Hall–Kier alpha value is -1.59. The van der Waals surface area contributed by atoms with Crippen molar-refractivity contribution in [3.05, 3.63) is 46.5 Å². The lowest BCUT2D eigenvalue weighted by molar-refractivity contribution is -0.385. The molecule has 0 saturated carbocycles. The fraction of sp³-hybridized carbons (Fsp3) is 0.111. The van der Waals surface area contributed by atoms with Crippen LogP contribution in [-0.2, 0) is 0 Å². The average molecular weight is 231 g/mol. The topological polar surface area (TPSA) is 89.4 Å². The fourth-order valence-electron chi connectivity index (χ4n) is 1.03. The van der Waals surface area contributed by atoms with Crippen molar-refractivity contribution in [1.82, 2.24) is 0 Å². The summed E-state index contributed by atoms with van der Waals surface area (Å²) >= 11 is 0. The van der Waals surface area contributed by atoms with E-state index in [1.54, 1.807) is 0 Å². The molecule has 0 spiro atoms. The molecule has 6 heteroatoms. The van der Waals surface area contributed by atoms with Gasteiger partial charge in [0.05, 0.1) is 4.92 Å². The maximum absolute atomic E-state index is 10.5. The standard InChI is InChI=1S/C9H10N2O3.ClH/c1-2-7(10)6-3-4-9(12)8(5-6)11(13)14;/h2-5,7,12H,1,10H2;1H/t7-;/m0./s1. The van der Waals surface area contributed by atoms with Crippen LogP contribution >= 0.6 is 12.4 Å². The Morgan fingerprint density at radius 1 is 1.60 bits per heavy atom. The second-order valence-corrected chi connectivity index (χ2v) is 2.77. The van der Waals surface area contributed by atoms with E-state index in [2.05, 4.69) is 6.58 Å². The molecule has 1 aromatic carbocycles. The predicted molar refractivity (Wildman–Crippen MR) is 59.1 cm³/mol. The van der Waals surface area contributed by atoms with Crippen LogP contribution in [0.15, 0.2) is 30.9 Å². The first-order valence-electron chi connectivity index (χ1n) is 3.91. The second kappa shape index (κ2) is 5.33. The Morgan fingerprint density at radius 3 is 2.67 bits per heavy atom. The maximum atomic E-state index is 10.5. The molecule has 1 atom stereocenters. The van der Waals surface area contributed by atoms with Gasteiger partial charge in [0.2, 0.25) is 0 Å². The smallest absolute Gasteiger partial charge is 0.311 e. The van der Waals surface area contributed by atoms with Gasteiger partial charge in [-0.25, -0.2) is 0 Å². The summed E-state index contributed by atoms with van der Waals surface area (Å²) < 4.78 is 0. The summed E-state index contributed by atoms with van der Waals surface area (Å²) in [7, 11) is 0. The van der Waals surface area contributed by atoms with Crippen molar-refractivity contribution in [3.63, 3.8) is 0 Å². The summed E-state index contributed by atoms with van der Waals surface area (Å²) in [6.07, 6.45) is 1.47. The number of nitrogens with two attached hydrogens (primary N) is 1. The van der Waals surface area contributed by atoms with Gasteiger partial charge in [0, 0.05) is 12.1 Å². The second-order valence-electron chi connectivity index (χ2n) is 2.77. The van der Waals surface area contributed by atoms with Gasteiger partial charge in [-0.05, 0) is 11.6 Å². The van der Waals surface area contributed by atoms with E-state index in [1.165, 1.54) is 24.3 Å². The Balaban J connectivity index is 0.00000196. The van der Waals surface area contributed by atoms with Crippen molar-refractivity contribution < 1.29 is 10.0 Å². The van der Waals surface area contributed by atoms with Crippen molar-refractivity contribution >= 4 is 18.1 Å². The predicted octanol–water partition coefficient (Wildman–Crippen LogP) is 1.91. The highest BCUT2D eigenvalue weighted by atomic mass is 35.5. The summed E-state index contributed by atoms with van der Waals surface area (Å²) in [4.78, 5) is 9.81. The first-order chi connectivity index (χ1) is 6.56. The van der Waals surface area contributed by atoms with E-state index in [-0.39, 0.29) is 23.8 Å². The minimum atomic E-state index is -0.658. The molecule has 0 radical (unpaired) electrons. The molecule has 0 fully saturated rings. The molecule has 1 aromatic rings. The quantitative estimate of drug-likeness (QED) is 0.472. The molecule has 0 aromatic heterocycles. The van der Waals surface area contributed by atoms with Crippen LogP contribution in [0.3, 0.4) is 0 Å². The zero-order valence-electron chi connectivity index (χ0n) is 7.79. The van der Waals surface area contributed by atoms with Crippen LogP contribution in [0.25, 0.3) is 0 Å². The van der Waals surface area contributed by atoms with Gasteiger partial charge in [0.25, 0.3) is 0 Å². The van der Waals surface area contributed by atoms with Crippen molar-refractivity contribution in [2.75, 3.05) is 0 Å². The van der Waals surface area contributed by atoms with Gasteiger partial charge in [-0.2, -0.15) is 0 Å². The van der Waals surface area contributed by atoms with E-state index in [4.69, 9.17) is 10.8 Å². The first kappa shape index (κ1) is 13.4. The first-order valence-corrected chi connectivity index (χ1v) is 3.91. The number of phenolic OH excluding ortho intramolecular Hbond substituents is 1. The molecule has 0 amide bonds. The summed E-state index contributed by atoms with van der Waals surface area (Å²) in [5.41, 5.74) is 5.79. The highest BCUT2D eigenvalue weighted by molar-refractivity contribution is 5.85. The third-order valence-corrected chi connectivity index (χ3v) is 1.84. The van der Waals surface area contributed by atoms with E-state index < -0.39 is 11.0 Å². The third kappa shape index (κ3) is 2.93. The number of aromatic hydroxyl groups is 1. The molecule has 82 valence electrons. The molecule has 1 rings (SSSR count). The fourth-order valence-corrected chi connectivity index (χ4v) is 1.03. The van der Waals surface area contributed by atoms with Crippen molar-refractivity contribution in [2.45, 2.75) is 6.04 Å². The highest BCUT2D eigenvalue weighted by Gasteiger charge is 2.15. The Kier molecular flexibility index (Phi) is 4.77. The zero-order valence-corrected chi connectivity index (χ0v) is 8.61. The van der Waals surface area contributed by atoms with Gasteiger partial charge in [0.15, 0.2) is 5.75 Å². The monoisotopic (exact) mass is 230 g/mol. The number of hydrogen-bond acceptors (Lipinski definition) is 4. The van der Waals surface area contributed by atoms with Crippen LogP contribution in [0.1, 0.15) is 11.6 Å². The molecular weight excluding hydrogens is 220 g/mol. The SMILES string of the molecule is C=C[C@H](N)c1ccc(O)c([N+](=O)[O-])c1.Cl. The number of halogens is 1. The van der Waals surface area contributed by atoms with Crippen LogP contribution in [0.2, 0.25) is 0 Å². The molecule has 0 saturated heterocycles. The lowest BCUT2D eigenvalue weighted by atomic mass is 10.1. The van der Waals surface area contributed by atoms with E-state index in [0.29, 0.717) is 5.56 Å². The summed E-state index contributed by atoms with van der Waals surface area (Å²) in [6.45, 7) is 3.48. The lowest BCUT2D eigenvalue weighted by Crippen LogP contribution is -2.06. The molecule has 0 aliphatic carbocycles. The molecule has 0 aliphatic rings. The van der Waals surface area contributed by atoms with Gasteiger partial charge in [-0.1, -0.05) is 12.1 Å². The highest BCUT2D eigenvalue weighted by Crippen LogP contribution is 2.28. The molecule has 5 nitrogen and oxygen atoms in total. The number of rotatable bonds is 3. The number of hydrogen-bond donors (Lipinski definition) is 2. The maximum Gasteiger partial charge on any atom is 0.311 e. The summed E-state index contributed by atoms with van der Waals surface area (Å²) in [5.74, 6) is -0.366. The molecule has 3 N–H and O–H groups in total. The molecule has 0 heterocycles. The van der Waals surface area contributed by atoms with Crippen LogP contribution in [0.4, 0.5) is 5.69 Å². The van der Waals surface area contributed by atoms with Crippen LogP contribution in [0.5, 0.6) is 5.75 Å². The molecule has 0 aliphatic heterocycles. The van der Waals surface area contributed by atoms with E-state index >= 15 is 0 Å². The van der Waals surface area contributed by atoms with Gasteiger partial charge in [0.1, 0.15) is 0 Å². The summed E-state index contributed by atoms with van der Waals surface area (Å²) in [6, 6.07) is 3.54. The van der Waals surface area contributed by atoms with E-state index in [0.717, 1.165) is 0 Å². The van der Waals surface area contributed by atoms with Crippen LogP contribution < -0.4 is 5.73 Å². The Bertz CT molecular complexity index is 382. The number of nitro groups is 1. The number of nitro benzene ring substituents is 1. The van der Waals surface area contributed by atoms with Crippen molar-refractivity contribution in [3.8, 4) is 5.75 Å². The largest absolute Gasteiger partial charge is 0.502 e. The normalized spacial score (nSPS) is 11.3. The summed E-state index contributed by atoms with van der Waals surface area (Å²) in [5, 5.41) is 19.6. The minimum Gasteiger partial charge on any atom is -0.502 e. The van der Waals surface area contributed by atoms with Gasteiger partial charge >= 0.3 is 5.69 Å². The van der Waals surface area contributed by atoms with Crippen LogP contribution in [0, 0.1) is 10.1 Å². The lowest BCUT2D eigenvalue weighted by Gasteiger charge is -2.06. The van der Waals surface area contributed by atoms with Gasteiger partial charge < -0.3 is 10.8 Å². The van der Waals surface area contributed by atoms with Gasteiger partial charge in [-0.3, -0.25) is 10.1 Å². The molecule has 0 unspecified atom stereocenters. The average Bonchev–Trinajstić information content (AvgIpc) is 2.17. The minimum absolute atomic E-state index is 0. The van der Waals surface area contributed by atoms with Gasteiger partial charge in [-0.15, -0.1) is 19.0 Å². The van der Waals surface area contributed by atoms with Crippen LogP contribution in [-0.4, -0.2) is 10.0 Å². The van der Waals surface area contributed by atoms with Crippen molar-refractivity contribution in [2.24, 2.45) is 5.73 Å². The Morgan fingerprint density at radius 2 is 2.20 bits per heavy atom. The Labute approximate surface area is 92.8 Å². The number of benzene rings is 1. The molecule has 0 bridgehead atoms. The molecular formula is C9H11ClN2O3. The number of nitrogens with zero attached hydrogens (tertiary/aromatic N) is 1.